The van der Waals surface area contributed by atoms with Gasteiger partial charge in [-0.25, -0.2) is 4.98 Å². The van der Waals surface area contributed by atoms with Crippen LogP contribution < -0.4 is 5.56 Å². The zero-order valence-corrected chi connectivity index (χ0v) is 11.8. The zero-order chi connectivity index (χ0) is 15.0. The third-order valence-electron chi connectivity index (χ3n) is 2.92. The quantitative estimate of drug-likeness (QED) is 0.545. The Morgan fingerprint density at radius 3 is 2.71 bits per heavy atom. The highest BCUT2D eigenvalue weighted by atomic mass is 32.1. The largest absolute Gasteiger partial charge is 0.275 e. The molecule has 2 aromatic heterocycles. The Balaban J connectivity index is 1.93. The van der Waals surface area contributed by atoms with Gasteiger partial charge >= 0.3 is 0 Å². The van der Waals surface area contributed by atoms with Crippen LogP contribution in [0.4, 0.5) is 5.69 Å². The van der Waals surface area contributed by atoms with E-state index in [-0.39, 0.29) is 11.2 Å². The molecule has 0 bridgehead atoms. The lowest BCUT2D eigenvalue weighted by atomic mass is 10.1. The summed E-state index contributed by atoms with van der Waals surface area (Å²) in [4.78, 5) is 26.8. The van der Waals surface area contributed by atoms with Gasteiger partial charge in [0.15, 0.2) is 0 Å². The van der Waals surface area contributed by atoms with E-state index in [4.69, 9.17) is 0 Å². The van der Waals surface area contributed by atoms with Gasteiger partial charge in [-0.1, -0.05) is 23.5 Å². The molecule has 0 saturated heterocycles. The summed E-state index contributed by atoms with van der Waals surface area (Å²) in [5, 5.41) is 15.6. The van der Waals surface area contributed by atoms with Crippen molar-refractivity contribution >= 4 is 22.0 Å². The number of benzene rings is 1. The van der Waals surface area contributed by atoms with Gasteiger partial charge in [-0.3, -0.25) is 14.9 Å². The Labute approximate surface area is 122 Å². The Morgan fingerprint density at radius 1 is 1.33 bits per heavy atom. The molecular formula is C13H10N4O3S. The molecule has 0 aliphatic rings. The molecule has 0 saturated carbocycles. The van der Waals surface area contributed by atoms with E-state index in [2.05, 4.69) is 10.1 Å². The van der Waals surface area contributed by atoms with Crippen LogP contribution >= 0.6 is 11.3 Å². The van der Waals surface area contributed by atoms with Gasteiger partial charge in [-0.15, -0.1) is 0 Å². The van der Waals surface area contributed by atoms with E-state index < -0.39 is 4.92 Å². The second-order valence-corrected chi connectivity index (χ2v) is 5.57. The summed E-state index contributed by atoms with van der Waals surface area (Å²) in [5.41, 5.74) is 1.40. The van der Waals surface area contributed by atoms with Gasteiger partial charge < -0.3 is 0 Å². The zero-order valence-electron chi connectivity index (χ0n) is 11.0. The Bertz CT molecular complexity index is 883. The first-order valence-corrected chi connectivity index (χ1v) is 6.94. The topological polar surface area (TPSA) is 90.4 Å². The Hall–Kier alpha value is -2.61. The lowest BCUT2D eigenvalue weighted by Crippen LogP contribution is -2.14. The predicted octanol–water partition coefficient (Wildman–Crippen LogP) is 1.96. The minimum absolute atomic E-state index is 0.0524. The molecule has 0 fully saturated rings. The van der Waals surface area contributed by atoms with E-state index in [9.17, 15) is 14.9 Å². The van der Waals surface area contributed by atoms with Crippen molar-refractivity contribution < 1.29 is 4.92 Å². The Morgan fingerprint density at radius 2 is 2.05 bits per heavy atom. The average Bonchev–Trinajstić information content (AvgIpc) is 2.82. The van der Waals surface area contributed by atoms with Gasteiger partial charge in [-0.2, -0.15) is 9.61 Å². The number of nitro groups is 1. The molecule has 3 aromatic rings. The molecule has 3 rings (SSSR count). The molecule has 0 atom stereocenters. The highest BCUT2D eigenvalue weighted by Crippen LogP contribution is 2.18. The van der Waals surface area contributed by atoms with Crippen molar-refractivity contribution in [3.8, 4) is 0 Å². The van der Waals surface area contributed by atoms with Crippen molar-refractivity contribution in [3.63, 3.8) is 0 Å². The number of hydrogen-bond donors (Lipinski definition) is 0. The van der Waals surface area contributed by atoms with Gasteiger partial charge in [0.05, 0.1) is 4.92 Å². The lowest BCUT2D eigenvalue weighted by Gasteiger charge is -1.96. The molecule has 0 unspecified atom stereocenters. The first-order chi connectivity index (χ1) is 10.0. The van der Waals surface area contributed by atoms with Crippen molar-refractivity contribution in [3.05, 3.63) is 67.1 Å². The van der Waals surface area contributed by atoms with Crippen molar-refractivity contribution in [2.24, 2.45) is 0 Å². The molecule has 106 valence electrons. The standard InChI is InChI=1S/C13H10N4O3S/c1-8-6-12(18)16-13(14-8)21-11(15-16)7-9-2-4-10(5-3-9)17(19)20/h2-6H,7H2,1H3. The molecule has 7 nitrogen and oxygen atoms in total. The number of nitrogens with zero attached hydrogens (tertiary/aromatic N) is 4. The van der Waals surface area contributed by atoms with E-state index >= 15 is 0 Å². The fraction of sp³-hybridized carbons (Fsp3) is 0.154. The average molecular weight is 302 g/mol. The molecule has 8 heteroatoms. The van der Waals surface area contributed by atoms with E-state index in [1.165, 1.54) is 34.1 Å². The third-order valence-corrected chi connectivity index (χ3v) is 3.83. The van der Waals surface area contributed by atoms with Gasteiger partial charge in [0.25, 0.3) is 11.2 Å². The van der Waals surface area contributed by atoms with Gasteiger partial charge in [-0.05, 0) is 12.5 Å². The maximum absolute atomic E-state index is 11.8. The maximum atomic E-state index is 11.8. The second-order valence-electron chi connectivity index (χ2n) is 4.53. The van der Waals surface area contributed by atoms with E-state index in [1.807, 2.05) is 0 Å². The van der Waals surface area contributed by atoms with Crippen LogP contribution in [-0.2, 0) is 6.42 Å². The van der Waals surface area contributed by atoms with Crippen LogP contribution in [0, 0.1) is 17.0 Å². The first-order valence-electron chi connectivity index (χ1n) is 6.12. The number of nitro benzene ring substituents is 1. The van der Waals surface area contributed by atoms with Gasteiger partial charge in [0.1, 0.15) is 5.01 Å². The van der Waals surface area contributed by atoms with Crippen LogP contribution in [0.15, 0.2) is 35.1 Å². The maximum Gasteiger partial charge on any atom is 0.275 e. The summed E-state index contributed by atoms with van der Waals surface area (Å²) in [6, 6.07) is 7.72. The van der Waals surface area contributed by atoms with Crippen LogP contribution in [0.1, 0.15) is 16.3 Å². The van der Waals surface area contributed by atoms with Crippen molar-refractivity contribution in [2.75, 3.05) is 0 Å². The number of fused-ring (bicyclic) bond motifs is 1. The smallest absolute Gasteiger partial charge is 0.267 e. The fourth-order valence-corrected chi connectivity index (χ4v) is 2.92. The van der Waals surface area contributed by atoms with E-state index in [1.54, 1.807) is 19.1 Å². The van der Waals surface area contributed by atoms with Crippen LogP contribution in [0.5, 0.6) is 0 Å². The number of rotatable bonds is 3. The second kappa shape index (κ2) is 5.06. The summed E-state index contributed by atoms with van der Waals surface area (Å²) in [6.45, 7) is 1.76. The van der Waals surface area contributed by atoms with Crippen LogP contribution in [0.25, 0.3) is 4.96 Å². The monoisotopic (exact) mass is 302 g/mol. The summed E-state index contributed by atoms with van der Waals surface area (Å²) in [6.07, 6.45) is 0.504. The summed E-state index contributed by atoms with van der Waals surface area (Å²) < 4.78 is 1.28. The molecule has 0 spiro atoms. The summed E-state index contributed by atoms with van der Waals surface area (Å²) in [7, 11) is 0. The van der Waals surface area contributed by atoms with Crippen molar-refractivity contribution in [1.82, 2.24) is 14.6 Å². The minimum Gasteiger partial charge on any atom is -0.267 e. The lowest BCUT2D eigenvalue weighted by molar-refractivity contribution is -0.384. The molecule has 0 radical (unpaired) electrons. The molecule has 0 N–H and O–H groups in total. The molecule has 0 aliphatic carbocycles. The summed E-state index contributed by atoms with van der Waals surface area (Å²) >= 11 is 1.34. The predicted molar refractivity (Wildman–Crippen MR) is 77.8 cm³/mol. The number of hydrogen-bond acceptors (Lipinski definition) is 6. The molecular weight excluding hydrogens is 292 g/mol. The van der Waals surface area contributed by atoms with Crippen LogP contribution in [0.2, 0.25) is 0 Å². The van der Waals surface area contributed by atoms with Crippen molar-refractivity contribution in [2.45, 2.75) is 13.3 Å². The molecule has 2 heterocycles. The summed E-state index contributed by atoms with van der Waals surface area (Å²) in [5.74, 6) is 0. The Kier molecular flexibility index (Phi) is 3.22. The molecule has 0 amide bonds. The highest BCUT2D eigenvalue weighted by Gasteiger charge is 2.09. The van der Waals surface area contributed by atoms with Crippen molar-refractivity contribution in [1.29, 1.82) is 0 Å². The van der Waals surface area contributed by atoms with Gasteiger partial charge in [0.2, 0.25) is 4.96 Å². The first kappa shape index (κ1) is 13.4. The van der Waals surface area contributed by atoms with E-state index in [0.717, 1.165) is 10.6 Å². The third kappa shape index (κ3) is 2.65. The van der Waals surface area contributed by atoms with Crippen LogP contribution in [0.3, 0.4) is 0 Å². The molecule has 0 aliphatic heterocycles. The normalized spacial score (nSPS) is 10.9. The fourth-order valence-electron chi connectivity index (χ4n) is 1.94. The number of non-ortho nitro benzene ring substituents is 1. The molecule has 1 aromatic carbocycles. The minimum atomic E-state index is -0.437. The van der Waals surface area contributed by atoms with Gasteiger partial charge in [0, 0.05) is 30.3 Å². The highest BCUT2D eigenvalue weighted by molar-refractivity contribution is 7.16. The SMILES string of the molecule is Cc1cc(=O)n2nc(Cc3ccc([N+](=O)[O-])cc3)sc2n1. The van der Waals surface area contributed by atoms with Crippen LogP contribution in [-0.4, -0.2) is 19.5 Å². The number of aromatic nitrogens is 3. The number of aryl methyl sites for hydroxylation is 1. The molecule has 21 heavy (non-hydrogen) atoms. The van der Waals surface area contributed by atoms with E-state index in [0.29, 0.717) is 17.1 Å².